The molecular weight excluding hydrogens is 274 g/mol. The van der Waals surface area contributed by atoms with Crippen molar-refractivity contribution in [1.29, 1.82) is 0 Å². The number of halogens is 2. The lowest BCUT2D eigenvalue weighted by atomic mass is 10.0. The molecular formula is C16H22F2N2O. The fourth-order valence-electron chi connectivity index (χ4n) is 2.66. The topological polar surface area (TPSA) is 32.3 Å². The van der Waals surface area contributed by atoms with Gasteiger partial charge >= 0.3 is 0 Å². The number of hydrogen-bond donors (Lipinski definition) is 1. The maximum atomic E-state index is 13.6. The third-order valence-electron chi connectivity index (χ3n) is 3.81. The fraction of sp³-hybridized carbons (Fsp3) is 0.562. The van der Waals surface area contributed by atoms with Crippen molar-refractivity contribution >= 4 is 5.91 Å². The fourth-order valence-corrected chi connectivity index (χ4v) is 2.66. The Hall–Kier alpha value is -1.49. The van der Waals surface area contributed by atoms with Crippen LogP contribution in [0.25, 0.3) is 0 Å². The molecule has 1 aliphatic rings. The summed E-state index contributed by atoms with van der Waals surface area (Å²) in [7, 11) is 0. The van der Waals surface area contributed by atoms with Crippen LogP contribution < -0.4 is 5.32 Å². The Morgan fingerprint density at radius 1 is 1.43 bits per heavy atom. The van der Waals surface area contributed by atoms with Crippen molar-refractivity contribution in [3.05, 3.63) is 35.4 Å². The highest BCUT2D eigenvalue weighted by molar-refractivity contribution is 5.79. The van der Waals surface area contributed by atoms with Gasteiger partial charge in [0.15, 0.2) is 0 Å². The molecule has 0 aromatic heterocycles. The van der Waals surface area contributed by atoms with Gasteiger partial charge in [0.2, 0.25) is 5.91 Å². The summed E-state index contributed by atoms with van der Waals surface area (Å²) in [6, 6.07) is 3.68. The van der Waals surface area contributed by atoms with Gasteiger partial charge in [0.25, 0.3) is 0 Å². The Morgan fingerprint density at radius 2 is 2.24 bits per heavy atom. The van der Waals surface area contributed by atoms with E-state index in [4.69, 9.17) is 0 Å². The van der Waals surface area contributed by atoms with Gasteiger partial charge < -0.3 is 10.2 Å². The summed E-state index contributed by atoms with van der Waals surface area (Å²) in [6.45, 7) is 4.43. The van der Waals surface area contributed by atoms with E-state index < -0.39 is 11.6 Å². The first-order chi connectivity index (χ1) is 10.1. The predicted octanol–water partition coefficient (Wildman–Crippen LogP) is 2.50. The molecule has 1 aromatic carbocycles. The van der Waals surface area contributed by atoms with Gasteiger partial charge in [-0.05, 0) is 37.4 Å². The highest BCUT2D eigenvalue weighted by atomic mass is 19.1. The van der Waals surface area contributed by atoms with Gasteiger partial charge in [0, 0.05) is 25.2 Å². The quantitative estimate of drug-likeness (QED) is 0.905. The summed E-state index contributed by atoms with van der Waals surface area (Å²) < 4.78 is 26.5. The monoisotopic (exact) mass is 296 g/mol. The molecule has 1 aromatic rings. The number of likely N-dealkylation sites (tertiary alicyclic amines) is 1. The van der Waals surface area contributed by atoms with E-state index in [-0.39, 0.29) is 17.9 Å². The van der Waals surface area contributed by atoms with Crippen molar-refractivity contribution in [1.82, 2.24) is 10.2 Å². The van der Waals surface area contributed by atoms with E-state index in [1.54, 1.807) is 4.90 Å². The van der Waals surface area contributed by atoms with Gasteiger partial charge in [-0.25, -0.2) is 8.78 Å². The third kappa shape index (κ3) is 4.49. The Balaban J connectivity index is 1.93. The van der Waals surface area contributed by atoms with Gasteiger partial charge in [-0.2, -0.15) is 0 Å². The molecule has 1 aliphatic heterocycles. The standard InChI is InChI=1S/C16H22F2N2O/c1-2-7-19-14-4-3-8-20(11-14)16(21)9-12-5-6-13(17)10-15(12)18/h5-6,10,14,19H,2-4,7-9,11H2,1H3. The van der Waals surface area contributed by atoms with Crippen LogP contribution >= 0.6 is 0 Å². The van der Waals surface area contributed by atoms with Crippen molar-refractivity contribution in [2.45, 2.75) is 38.6 Å². The molecule has 1 N–H and O–H groups in total. The summed E-state index contributed by atoms with van der Waals surface area (Å²) in [5.41, 5.74) is 0.255. The Kier molecular flexibility index (Phi) is 5.67. The van der Waals surface area contributed by atoms with Crippen LogP contribution in [0.5, 0.6) is 0 Å². The van der Waals surface area contributed by atoms with Crippen molar-refractivity contribution in [2.24, 2.45) is 0 Å². The predicted molar refractivity (Wildman–Crippen MR) is 78.0 cm³/mol. The first kappa shape index (κ1) is 15.9. The molecule has 0 saturated carbocycles. The molecule has 1 heterocycles. The number of nitrogens with one attached hydrogen (secondary N) is 1. The number of rotatable bonds is 5. The van der Waals surface area contributed by atoms with Crippen molar-refractivity contribution in [2.75, 3.05) is 19.6 Å². The largest absolute Gasteiger partial charge is 0.341 e. The average Bonchev–Trinajstić information content (AvgIpc) is 2.48. The van der Waals surface area contributed by atoms with E-state index in [9.17, 15) is 13.6 Å². The zero-order chi connectivity index (χ0) is 15.2. The molecule has 0 bridgehead atoms. The molecule has 0 radical (unpaired) electrons. The number of piperidine rings is 1. The normalized spacial score (nSPS) is 18.8. The molecule has 21 heavy (non-hydrogen) atoms. The molecule has 1 atom stereocenters. The third-order valence-corrected chi connectivity index (χ3v) is 3.81. The lowest BCUT2D eigenvalue weighted by Crippen LogP contribution is -2.48. The number of benzene rings is 1. The highest BCUT2D eigenvalue weighted by Crippen LogP contribution is 2.15. The number of carbonyl (C=O) groups excluding carboxylic acids is 1. The van der Waals surface area contributed by atoms with Crippen molar-refractivity contribution in [3.8, 4) is 0 Å². The van der Waals surface area contributed by atoms with Crippen LogP contribution in [-0.2, 0) is 11.2 Å². The second-order valence-electron chi connectivity index (χ2n) is 5.55. The average molecular weight is 296 g/mol. The van der Waals surface area contributed by atoms with Crippen LogP contribution in [0.3, 0.4) is 0 Å². The van der Waals surface area contributed by atoms with Gasteiger partial charge in [0.05, 0.1) is 6.42 Å². The number of carbonyl (C=O) groups is 1. The molecule has 1 amide bonds. The number of nitrogens with zero attached hydrogens (tertiary/aromatic N) is 1. The van der Waals surface area contributed by atoms with Crippen LogP contribution in [0, 0.1) is 11.6 Å². The Bertz CT molecular complexity index is 493. The molecule has 116 valence electrons. The zero-order valence-corrected chi connectivity index (χ0v) is 12.4. The summed E-state index contributed by atoms with van der Waals surface area (Å²) >= 11 is 0. The molecule has 0 spiro atoms. The van der Waals surface area contributed by atoms with E-state index in [0.29, 0.717) is 19.1 Å². The van der Waals surface area contributed by atoms with Gasteiger partial charge in [-0.1, -0.05) is 13.0 Å². The van der Waals surface area contributed by atoms with Crippen LogP contribution in [0.4, 0.5) is 8.78 Å². The molecule has 1 saturated heterocycles. The summed E-state index contributed by atoms with van der Waals surface area (Å²) in [6.07, 6.45) is 3.07. The molecule has 5 heteroatoms. The van der Waals surface area contributed by atoms with Crippen LogP contribution in [0.1, 0.15) is 31.7 Å². The van der Waals surface area contributed by atoms with E-state index in [2.05, 4.69) is 12.2 Å². The van der Waals surface area contributed by atoms with Gasteiger partial charge in [-0.3, -0.25) is 4.79 Å². The van der Waals surface area contributed by atoms with Crippen LogP contribution in [0.15, 0.2) is 18.2 Å². The number of hydrogen-bond acceptors (Lipinski definition) is 2. The lowest BCUT2D eigenvalue weighted by Gasteiger charge is -2.33. The minimum atomic E-state index is -0.652. The molecule has 0 aliphatic carbocycles. The maximum Gasteiger partial charge on any atom is 0.227 e. The second-order valence-corrected chi connectivity index (χ2v) is 5.55. The molecule has 2 rings (SSSR count). The summed E-state index contributed by atoms with van der Waals surface area (Å²) in [5.74, 6) is -1.37. The first-order valence-corrected chi connectivity index (χ1v) is 7.55. The minimum absolute atomic E-state index is 0.00733. The zero-order valence-electron chi connectivity index (χ0n) is 12.4. The van der Waals surface area contributed by atoms with E-state index in [1.807, 2.05) is 0 Å². The van der Waals surface area contributed by atoms with Crippen molar-refractivity contribution in [3.63, 3.8) is 0 Å². The number of amides is 1. The summed E-state index contributed by atoms with van der Waals surface area (Å²) in [5, 5.41) is 3.42. The highest BCUT2D eigenvalue weighted by Gasteiger charge is 2.23. The van der Waals surface area contributed by atoms with Crippen LogP contribution in [0.2, 0.25) is 0 Å². The SMILES string of the molecule is CCCNC1CCCN(C(=O)Cc2ccc(F)cc2F)C1. The Morgan fingerprint density at radius 3 is 2.95 bits per heavy atom. The molecule has 1 unspecified atom stereocenters. The second kappa shape index (κ2) is 7.50. The van der Waals surface area contributed by atoms with E-state index in [1.165, 1.54) is 12.1 Å². The lowest BCUT2D eigenvalue weighted by molar-refractivity contribution is -0.131. The maximum absolute atomic E-state index is 13.6. The minimum Gasteiger partial charge on any atom is -0.341 e. The van der Waals surface area contributed by atoms with Gasteiger partial charge in [-0.15, -0.1) is 0 Å². The van der Waals surface area contributed by atoms with Crippen LogP contribution in [-0.4, -0.2) is 36.5 Å². The Labute approximate surface area is 124 Å². The smallest absolute Gasteiger partial charge is 0.227 e. The van der Waals surface area contributed by atoms with E-state index in [0.717, 1.165) is 31.9 Å². The summed E-state index contributed by atoms with van der Waals surface area (Å²) in [4.78, 5) is 14.0. The van der Waals surface area contributed by atoms with E-state index >= 15 is 0 Å². The van der Waals surface area contributed by atoms with Crippen molar-refractivity contribution < 1.29 is 13.6 Å². The van der Waals surface area contributed by atoms with Gasteiger partial charge in [0.1, 0.15) is 11.6 Å². The first-order valence-electron chi connectivity index (χ1n) is 7.55. The molecule has 3 nitrogen and oxygen atoms in total. The molecule has 1 fully saturated rings.